The SMILES string of the molecule is Nc1ccc(N2CCC[C@]3(CCN(C4CCOCC4)C3=O)C2)nc1. The number of hydrogen-bond donors (Lipinski definition) is 1. The molecule has 2 N–H and O–H groups in total. The summed E-state index contributed by atoms with van der Waals surface area (Å²) in [5, 5.41) is 0. The van der Waals surface area contributed by atoms with Crippen LogP contribution in [-0.4, -0.2) is 54.7 Å². The summed E-state index contributed by atoms with van der Waals surface area (Å²) in [6.07, 6.45) is 6.66. The highest BCUT2D eigenvalue weighted by Crippen LogP contribution is 2.42. The molecule has 0 aliphatic carbocycles. The van der Waals surface area contributed by atoms with E-state index in [1.54, 1.807) is 6.20 Å². The van der Waals surface area contributed by atoms with Crippen molar-refractivity contribution in [1.29, 1.82) is 0 Å². The standard InChI is InChI=1S/C18H26N4O2/c19-14-2-3-16(20-12-14)21-8-1-6-18(13-21)7-9-22(17(18)23)15-4-10-24-11-5-15/h2-3,12,15H,1,4-11,13,19H2/t18-/m0/s1. The Morgan fingerprint density at radius 2 is 2.04 bits per heavy atom. The minimum absolute atomic E-state index is 0.223. The van der Waals surface area contributed by atoms with E-state index >= 15 is 0 Å². The molecule has 3 aliphatic heterocycles. The summed E-state index contributed by atoms with van der Waals surface area (Å²) in [5.41, 5.74) is 6.19. The summed E-state index contributed by atoms with van der Waals surface area (Å²) >= 11 is 0. The van der Waals surface area contributed by atoms with Gasteiger partial charge in [0.1, 0.15) is 5.82 Å². The average Bonchev–Trinajstić information content (AvgIpc) is 2.93. The van der Waals surface area contributed by atoms with Crippen LogP contribution in [0.1, 0.15) is 32.1 Å². The lowest BCUT2D eigenvalue weighted by molar-refractivity contribution is -0.139. The number of nitrogens with two attached hydrogens (primary N) is 1. The number of carbonyl (C=O) groups excluding carboxylic acids is 1. The molecule has 0 saturated carbocycles. The van der Waals surface area contributed by atoms with Gasteiger partial charge in [0.15, 0.2) is 0 Å². The quantitative estimate of drug-likeness (QED) is 0.893. The van der Waals surface area contributed by atoms with Crippen LogP contribution < -0.4 is 10.6 Å². The first-order valence-electron chi connectivity index (χ1n) is 9.03. The van der Waals surface area contributed by atoms with Gasteiger partial charge in [-0.25, -0.2) is 4.98 Å². The summed E-state index contributed by atoms with van der Waals surface area (Å²) in [4.78, 5) is 22.1. The lowest BCUT2D eigenvalue weighted by atomic mass is 9.78. The van der Waals surface area contributed by atoms with Crippen LogP contribution in [0.3, 0.4) is 0 Å². The van der Waals surface area contributed by atoms with Crippen molar-refractivity contribution in [3.05, 3.63) is 18.3 Å². The van der Waals surface area contributed by atoms with E-state index in [0.717, 1.165) is 70.8 Å². The van der Waals surface area contributed by atoms with Crippen molar-refractivity contribution >= 4 is 17.4 Å². The fraction of sp³-hybridized carbons (Fsp3) is 0.667. The van der Waals surface area contributed by atoms with Crippen molar-refractivity contribution in [2.45, 2.75) is 38.1 Å². The molecule has 6 heteroatoms. The van der Waals surface area contributed by atoms with Crippen LogP contribution >= 0.6 is 0 Å². The Morgan fingerprint density at radius 3 is 2.79 bits per heavy atom. The highest BCUT2D eigenvalue weighted by molar-refractivity contribution is 5.86. The molecule has 3 aliphatic rings. The molecule has 0 bridgehead atoms. The fourth-order valence-electron chi connectivity index (χ4n) is 4.48. The van der Waals surface area contributed by atoms with Crippen molar-refractivity contribution in [2.24, 2.45) is 5.41 Å². The normalized spacial score (nSPS) is 28.8. The van der Waals surface area contributed by atoms with Gasteiger partial charge in [-0.15, -0.1) is 0 Å². The molecule has 1 aromatic heterocycles. The Balaban J connectivity index is 1.50. The lowest BCUT2D eigenvalue weighted by Crippen LogP contribution is -2.50. The second-order valence-corrected chi connectivity index (χ2v) is 7.35. The van der Waals surface area contributed by atoms with Crippen molar-refractivity contribution < 1.29 is 9.53 Å². The molecule has 4 heterocycles. The first-order valence-corrected chi connectivity index (χ1v) is 9.03. The molecule has 130 valence electrons. The van der Waals surface area contributed by atoms with E-state index in [1.165, 1.54) is 0 Å². The maximum atomic E-state index is 13.2. The topological polar surface area (TPSA) is 71.7 Å². The van der Waals surface area contributed by atoms with Crippen LogP contribution in [0, 0.1) is 5.41 Å². The molecule has 1 atom stereocenters. The van der Waals surface area contributed by atoms with Gasteiger partial charge in [-0.1, -0.05) is 0 Å². The summed E-state index contributed by atoms with van der Waals surface area (Å²) in [5.74, 6) is 1.29. The Hall–Kier alpha value is -1.82. The zero-order valence-electron chi connectivity index (χ0n) is 14.1. The largest absolute Gasteiger partial charge is 0.397 e. The number of anilines is 2. The molecule has 4 rings (SSSR count). The molecule has 3 fully saturated rings. The number of aromatic nitrogens is 1. The van der Waals surface area contributed by atoms with Gasteiger partial charge in [0.05, 0.1) is 17.3 Å². The number of hydrogen-bond acceptors (Lipinski definition) is 5. The van der Waals surface area contributed by atoms with Gasteiger partial charge in [0, 0.05) is 38.9 Å². The van der Waals surface area contributed by atoms with Gasteiger partial charge in [0.2, 0.25) is 5.91 Å². The van der Waals surface area contributed by atoms with Gasteiger partial charge >= 0.3 is 0 Å². The number of likely N-dealkylation sites (tertiary alicyclic amines) is 1. The maximum absolute atomic E-state index is 13.2. The highest BCUT2D eigenvalue weighted by atomic mass is 16.5. The van der Waals surface area contributed by atoms with E-state index in [1.807, 2.05) is 12.1 Å². The van der Waals surface area contributed by atoms with Gasteiger partial charge in [-0.3, -0.25) is 4.79 Å². The molecular formula is C18H26N4O2. The van der Waals surface area contributed by atoms with Crippen LogP contribution in [0.4, 0.5) is 11.5 Å². The summed E-state index contributed by atoms with van der Waals surface area (Å²) in [6.45, 7) is 4.20. The van der Waals surface area contributed by atoms with Crippen LogP contribution in [0.2, 0.25) is 0 Å². The molecule has 3 saturated heterocycles. The third-order valence-corrected chi connectivity index (χ3v) is 5.85. The molecule has 1 aromatic rings. The van der Waals surface area contributed by atoms with E-state index in [4.69, 9.17) is 10.5 Å². The van der Waals surface area contributed by atoms with E-state index in [0.29, 0.717) is 17.6 Å². The molecule has 0 aromatic carbocycles. The summed E-state index contributed by atoms with van der Waals surface area (Å²) in [6, 6.07) is 4.22. The Bertz CT molecular complexity index is 600. The van der Waals surface area contributed by atoms with Gasteiger partial charge in [-0.05, 0) is 44.2 Å². The van der Waals surface area contributed by atoms with Crippen molar-refractivity contribution in [3.8, 4) is 0 Å². The fourth-order valence-corrected chi connectivity index (χ4v) is 4.48. The average molecular weight is 330 g/mol. The Labute approximate surface area is 143 Å². The predicted octanol–water partition coefficient (Wildman–Crippen LogP) is 1.66. The highest BCUT2D eigenvalue weighted by Gasteiger charge is 2.50. The molecule has 1 amide bonds. The predicted molar refractivity (Wildman–Crippen MR) is 92.7 cm³/mol. The molecular weight excluding hydrogens is 304 g/mol. The number of rotatable bonds is 2. The van der Waals surface area contributed by atoms with Gasteiger partial charge in [0.25, 0.3) is 0 Å². The second kappa shape index (κ2) is 6.24. The van der Waals surface area contributed by atoms with E-state index in [-0.39, 0.29) is 5.41 Å². The number of amides is 1. The zero-order valence-corrected chi connectivity index (χ0v) is 14.1. The van der Waals surface area contributed by atoms with Crippen molar-refractivity contribution in [3.63, 3.8) is 0 Å². The van der Waals surface area contributed by atoms with Crippen LogP contribution in [0.5, 0.6) is 0 Å². The minimum atomic E-state index is -0.223. The van der Waals surface area contributed by atoms with Gasteiger partial charge < -0.3 is 20.3 Å². The molecule has 1 spiro atoms. The van der Waals surface area contributed by atoms with E-state index in [9.17, 15) is 4.79 Å². The Morgan fingerprint density at radius 1 is 1.21 bits per heavy atom. The number of nitrogen functional groups attached to an aromatic ring is 1. The molecule has 0 radical (unpaired) electrons. The smallest absolute Gasteiger partial charge is 0.230 e. The second-order valence-electron chi connectivity index (χ2n) is 7.35. The molecule has 6 nitrogen and oxygen atoms in total. The van der Waals surface area contributed by atoms with Crippen LogP contribution in [0.25, 0.3) is 0 Å². The number of ether oxygens (including phenoxy) is 1. The summed E-state index contributed by atoms with van der Waals surface area (Å²) < 4.78 is 5.45. The number of nitrogens with zero attached hydrogens (tertiary/aromatic N) is 3. The third-order valence-electron chi connectivity index (χ3n) is 5.85. The molecule has 24 heavy (non-hydrogen) atoms. The van der Waals surface area contributed by atoms with Gasteiger partial charge in [-0.2, -0.15) is 0 Å². The zero-order chi connectivity index (χ0) is 16.6. The van der Waals surface area contributed by atoms with Crippen molar-refractivity contribution in [2.75, 3.05) is 43.5 Å². The van der Waals surface area contributed by atoms with E-state index < -0.39 is 0 Å². The Kier molecular flexibility index (Phi) is 4.08. The lowest BCUT2D eigenvalue weighted by Gasteiger charge is -2.40. The minimum Gasteiger partial charge on any atom is -0.397 e. The summed E-state index contributed by atoms with van der Waals surface area (Å²) in [7, 11) is 0. The van der Waals surface area contributed by atoms with Crippen LogP contribution in [-0.2, 0) is 9.53 Å². The number of pyridine rings is 1. The number of carbonyl (C=O) groups is 1. The maximum Gasteiger partial charge on any atom is 0.230 e. The van der Waals surface area contributed by atoms with E-state index in [2.05, 4.69) is 14.8 Å². The monoisotopic (exact) mass is 330 g/mol. The number of piperidine rings is 1. The molecule has 0 unspecified atom stereocenters. The third kappa shape index (κ3) is 2.73. The first-order chi connectivity index (χ1) is 11.7. The van der Waals surface area contributed by atoms with Crippen molar-refractivity contribution in [1.82, 2.24) is 9.88 Å². The van der Waals surface area contributed by atoms with Crippen LogP contribution in [0.15, 0.2) is 18.3 Å². The first kappa shape index (κ1) is 15.7.